The minimum Gasteiger partial charge on any atom is -0.394 e. The Kier molecular flexibility index (Phi) is 6.17. The first-order chi connectivity index (χ1) is 9.01. The van der Waals surface area contributed by atoms with E-state index in [1.165, 1.54) is 0 Å². The summed E-state index contributed by atoms with van der Waals surface area (Å²) in [7, 11) is 0. The van der Waals surface area contributed by atoms with E-state index in [1.54, 1.807) is 0 Å². The lowest BCUT2D eigenvalue weighted by atomic mass is 9.99. The van der Waals surface area contributed by atoms with Gasteiger partial charge in [-0.15, -0.1) is 6.42 Å². The van der Waals surface area contributed by atoms with Crippen LogP contribution in [0.4, 0.5) is 0 Å². The molecular formula is C11H17NO7. The van der Waals surface area contributed by atoms with Crippen LogP contribution in [-0.2, 0) is 14.3 Å². The summed E-state index contributed by atoms with van der Waals surface area (Å²) in [5.74, 6) is 1.68. The summed E-state index contributed by atoms with van der Waals surface area (Å²) < 4.78 is 10.0. The van der Waals surface area contributed by atoms with E-state index < -0.39 is 49.8 Å². The average Bonchev–Trinajstić information content (AvgIpc) is 2.41. The summed E-state index contributed by atoms with van der Waals surface area (Å²) in [6.45, 7) is -0.963. The molecule has 0 radical (unpaired) electrons. The molecular weight excluding hydrogens is 258 g/mol. The Balaban J connectivity index is 2.48. The molecule has 1 aliphatic rings. The monoisotopic (exact) mass is 275 g/mol. The second kappa shape index (κ2) is 7.40. The molecule has 19 heavy (non-hydrogen) atoms. The molecule has 1 heterocycles. The minimum atomic E-state index is -1.54. The van der Waals surface area contributed by atoms with E-state index in [0.717, 1.165) is 0 Å². The van der Waals surface area contributed by atoms with Gasteiger partial charge in [-0.05, 0) is 0 Å². The predicted molar refractivity (Wildman–Crippen MR) is 61.6 cm³/mol. The Morgan fingerprint density at radius 3 is 2.58 bits per heavy atom. The van der Waals surface area contributed by atoms with Crippen LogP contribution in [0.2, 0.25) is 0 Å². The number of amides is 1. The van der Waals surface area contributed by atoms with Gasteiger partial charge in [0.15, 0.2) is 6.29 Å². The normalized spacial score (nSPS) is 34.6. The Morgan fingerprint density at radius 2 is 2.00 bits per heavy atom. The molecule has 1 amide bonds. The third kappa shape index (κ3) is 4.14. The second-order valence-electron chi connectivity index (χ2n) is 3.99. The number of aliphatic hydroxyl groups is 4. The smallest absolute Gasteiger partial charge is 0.246 e. The fraction of sp³-hybridized carbons (Fsp3) is 0.727. The van der Waals surface area contributed by atoms with Gasteiger partial charge in [-0.3, -0.25) is 4.79 Å². The number of aliphatic hydroxyl groups excluding tert-OH is 4. The molecule has 8 nitrogen and oxygen atoms in total. The maximum Gasteiger partial charge on any atom is 0.246 e. The fourth-order valence-electron chi connectivity index (χ4n) is 1.56. The molecule has 5 atom stereocenters. The van der Waals surface area contributed by atoms with E-state index in [0.29, 0.717) is 0 Å². The standard InChI is InChI=1S/C11H17NO7/c1-2-3-12-7(14)5-18-11-10(17)9(16)8(15)6(4-13)19-11/h1,6,8-11,13,15-17H,3-5H2,(H,12,14)/t6-,8-,9+,10-,11+/m1/s1. The van der Waals surface area contributed by atoms with Crippen molar-refractivity contribution in [3.63, 3.8) is 0 Å². The van der Waals surface area contributed by atoms with Gasteiger partial charge in [0.2, 0.25) is 5.91 Å². The van der Waals surface area contributed by atoms with Gasteiger partial charge < -0.3 is 35.2 Å². The van der Waals surface area contributed by atoms with Crippen molar-refractivity contribution in [2.45, 2.75) is 30.7 Å². The van der Waals surface area contributed by atoms with Crippen LogP contribution in [0.1, 0.15) is 0 Å². The van der Waals surface area contributed by atoms with Gasteiger partial charge in [0, 0.05) is 0 Å². The number of carbonyl (C=O) groups excluding carboxylic acids is 1. The molecule has 5 N–H and O–H groups in total. The Hall–Kier alpha value is -1.21. The third-order valence-corrected chi connectivity index (χ3v) is 2.61. The van der Waals surface area contributed by atoms with Gasteiger partial charge in [0.25, 0.3) is 0 Å². The number of hydrogen-bond acceptors (Lipinski definition) is 7. The van der Waals surface area contributed by atoms with Crippen LogP contribution < -0.4 is 5.32 Å². The maximum absolute atomic E-state index is 11.2. The molecule has 0 aromatic rings. The minimum absolute atomic E-state index is 0.0386. The first-order valence-electron chi connectivity index (χ1n) is 5.63. The van der Waals surface area contributed by atoms with Crippen LogP contribution in [-0.4, -0.2) is 76.8 Å². The van der Waals surface area contributed by atoms with Crippen molar-refractivity contribution >= 4 is 5.91 Å². The second-order valence-corrected chi connectivity index (χ2v) is 3.99. The molecule has 108 valence electrons. The molecule has 0 bridgehead atoms. The van der Waals surface area contributed by atoms with Crippen molar-refractivity contribution in [3.8, 4) is 12.3 Å². The van der Waals surface area contributed by atoms with Crippen LogP contribution in [0.25, 0.3) is 0 Å². The van der Waals surface area contributed by atoms with Gasteiger partial charge in [0.1, 0.15) is 31.0 Å². The number of terminal acetylenes is 1. The van der Waals surface area contributed by atoms with E-state index in [1.807, 2.05) is 0 Å². The van der Waals surface area contributed by atoms with E-state index in [-0.39, 0.29) is 6.54 Å². The third-order valence-electron chi connectivity index (χ3n) is 2.61. The molecule has 0 aromatic heterocycles. The van der Waals surface area contributed by atoms with E-state index in [4.69, 9.17) is 21.0 Å². The Morgan fingerprint density at radius 1 is 1.32 bits per heavy atom. The number of hydrogen-bond donors (Lipinski definition) is 5. The van der Waals surface area contributed by atoms with E-state index >= 15 is 0 Å². The van der Waals surface area contributed by atoms with Crippen molar-refractivity contribution in [3.05, 3.63) is 0 Å². The van der Waals surface area contributed by atoms with Crippen molar-refractivity contribution in [1.82, 2.24) is 5.32 Å². The molecule has 0 unspecified atom stereocenters. The molecule has 1 rings (SSSR count). The maximum atomic E-state index is 11.2. The van der Waals surface area contributed by atoms with Crippen molar-refractivity contribution < 1.29 is 34.7 Å². The lowest BCUT2D eigenvalue weighted by molar-refractivity contribution is -0.299. The molecule has 0 saturated carbocycles. The largest absolute Gasteiger partial charge is 0.394 e. The van der Waals surface area contributed by atoms with Gasteiger partial charge >= 0.3 is 0 Å². The molecule has 0 spiro atoms. The molecule has 1 fully saturated rings. The van der Waals surface area contributed by atoms with Crippen molar-refractivity contribution in [1.29, 1.82) is 0 Å². The van der Waals surface area contributed by atoms with Crippen molar-refractivity contribution in [2.75, 3.05) is 19.8 Å². The topological polar surface area (TPSA) is 128 Å². The quantitative estimate of drug-likeness (QED) is 0.330. The highest BCUT2D eigenvalue weighted by atomic mass is 16.7. The number of rotatable bonds is 5. The zero-order valence-corrected chi connectivity index (χ0v) is 10.1. The van der Waals surface area contributed by atoms with Gasteiger partial charge in [-0.2, -0.15) is 0 Å². The van der Waals surface area contributed by atoms with Crippen LogP contribution >= 0.6 is 0 Å². The molecule has 8 heteroatoms. The average molecular weight is 275 g/mol. The van der Waals surface area contributed by atoms with E-state index in [9.17, 15) is 20.1 Å². The predicted octanol–water partition coefficient (Wildman–Crippen LogP) is -3.45. The summed E-state index contributed by atoms with van der Waals surface area (Å²) in [4.78, 5) is 11.2. The molecule has 0 aromatic carbocycles. The van der Waals surface area contributed by atoms with Crippen LogP contribution in [0, 0.1) is 12.3 Å². The first kappa shape index (κ1) is 15.8. The lowest BCUT2D eigenvalue weighted by Gasteiger charge is -2.39. The summed E-state index contributed by atoms with van der Waals surface area (Å²) in [6, 6.07) is 0. The van der Waals surface area contributed by atoms with Gasteiger partial charge in [0.05, 0.1) is 13.2 Å². The van der Waals surface area contributed by atoms with Crippen LogP contribution in [0.3, 0.4) is 0 Å². The Bertz CT molecular complexity index is 340. The SMILES string of the molecule is C#CCNC(=O)CO[C@H]1O[C@H](CO)[C@@H](O)[C@H](O)[C@H]1O. The van der Waals surface area contributed by atoms with E-state index in [2.05, 4.69) is 11.2 Å². The number of nitrogens with one attached hydrogen (secondary N) is 1. The zero-order chi connectivity index (χ0) is 14.4. The number of carbonyl (C=O) groups is 1. The molecule has 0 aliphatic carbocycles. The summed E-state index contributed by atoms with van der Waals surface area (Å²) in [5, 5.41) is 39.9. The van der Waals surface area contributed by atoms with Gasteiger partial charge in [-0.1, -0.05) is 5.92 Å². The first-order valence-corrected chi connectivity index (χ1v) is 5.63. The highest BCUT2D eigenvalue weighted by Gasteiger charge is 2.44. The lowest BCUT2D eigenvalue weighted by Crippen LogP contribution is -2.59. The fourth-order valence-corrected chi connectivity index (χ4v) is 1.56. The molecule has 1 saturated heterocycles. The summed E-state index contributed by atoms with van der Waals surface area (Å²) >= 11 is 0. The summed E-state index contributed by atoms with van der Waals surface area (Å²) in [6.07, 6.45) is -1.98. The number of ether oxygens (including phenoxy) is 2. The summed E-state index contributed by atoms with van der Waals surface area (Å²) in [5.41, 5.74) is 0. The van der Waals surface area contributed by atoms with Crippen LogP contribution in [0.5, 0.6) is 0 Å². The van der Waals surface area contributed by atoms with Crippen LogP contribution in [0.15, 0.2) is 0 Å². The highest BCUT2D eigenvalue weighted by molar-refractivity contribution is 5.77. The zero-order valence-electron chi connectivity index (χ0n) is 10.1. The Labute approximate surface area is 109 Å². The van der Waals surface area contributed by atoms with Crippen molar-refractivity contribution in [2.24, 2.45) is 0 Å². The highest BCUT2D eigenvalue weighted by Crippen LogP contribution is 2.21. The molecule has 1 aliphatic heterocycles. The van der Waals surface area contributed by atoms with Gasteiger partial charge in [-0.25, -0.2) is 0 Å².